The van der Waals surface area contributed by atoms with E-state index in [9.17, 15) is 16.8 Å². The third-order valence-electron chi connectivity index (χ3n) is 4.48. The molecule has 3 rings (SSSR count). The van der Waals surface area contributed by atoms with Crippen LogP contribution in [0.25, 0.3) is 0 Å². The van der Waals surface area contributed by atoms with Gasteiger partial charge < -0.3 is 4.90 Å². The molecule has 0 amide bonds. The second-order valence-electron chi connectivity index (χ2n) is 6.48. The molecule has 2 aromatic rings. The van der Waals surface area contributed by atoms with Crippen molar-refractivity contribution in [1.29, 1.82) is 0 Å². The molecule has 0 unspecified atom stereocenters. The fourth-order valence-corrected chi connectivity index (χ4v) is 5.24. The smallest absolute Gasteiger partial charge is 0.243 e. The largest absolute Gasteiger partial charge is 0.369 e. The van der Waals surface area contributed by atoms with Gasteiger partial charge in [0, 0.05) is 38.1 Å². The predicted octanol–water partition coefficient (Wildman–Crippen LogP) is 1.91. The number of sulfone groups is 1. The van der Waals surface area contributed by atoms with Crippen LogP contribution >= 0.6 is 0 Å². The molecule has 2 aromatic carbocycles. The van der Waals surface area contributed by atoms with Crippen molar-refractivity contribution in [2.45, 2.75) is 16.7 Å². The molecule has 0 N–H and O–H groups in total. The quantitative estimate of drug-likeness (QED) is 0.792. The highest BCUT2D eigenvalue weighted by Crippen LogP contribution is 2.23. The van der Waals surface area contributed by atoms with Crippen molar-refractivity contribution >= 4 is 25.5 Å². The van der Waals surface area contributed by atoms with Gasteiger partial charge in [-0.3, -0.25) is 0 Å². The first-order chi connectivity index (χ1) is 12.2. The van der Waals surface area contributed by atoms with Gasteiger partial charge in [-0.25, -0.2) is 16.8 Å². The minimum atomic E-state index is -3.72. The van der Waals surface area contributed by atoms with E-state index in [0.29, 0.717) is 26.2 Å². The van der Waals surface area contributed by atoms with Gasteiger partial charge in [0.05, 0.1) is 9.79 Å². The van der Waals surface area contributed by atoms with E-state index in [1.54, 1.807) is 0 Å². The molecular formula is C18H22N2O4S2. The number of piperazine rings is 1. The first kappa shape index (κ1) is 18.9. The molecule has 6 nitrogen and oxygen atoms in total. The Morgan fingerprint density at radius 3 is 2.04 bits per heavy atom. The minimum absolute atomic E-state index is 0.0111. The summed E-state index contributed by atoms with van der Waals surface area (Å²) in [7, 11) is -7.17. The van der Waals surface area contributed by atoms with Crippen molar-refractivity contribution in [3.63, 3.8) is 0 Å². The van der Waals surface area contributed by atoms with E-state index in [2.05, 4.69) is 11.0 Å². The monoisotopic (exact) mass is 394 g/mol. The number of aryl methyl sites for hydroxylation is 1. The Morgan fingerprint density at radius 2 is 1.42 bits per heavy atom. The summed E-state index contributed by atoms with van der Waals surface area (Å²) in [6, 6.07) is 13.7. The van der Waals surface area contributed by atoms with Crippen LogP contribution in [-0.2, 0) is 19.9 Å². The third kappa shape index (κ3) is 3.92. The molecule has 0 saturated carbocycles. The normalized spacial score (nSPS) is 16.6. The van der Waals surface area contributed by atoms with Gasteiger partial charge in [-0.1, -0.05) is 18.2 Å². The van der Waals surface area contributed by atoms with Crippen molar-refractivity contribution in [3.05, 3.63) is 54.1 Å². The molecule has 0 aromatic heterocycles. The summed E-state index contributed by atoms with van der Waals surface area (Å²) in [6.07, 6.45) is 1.07. The maximum absolute atomic E-state index is 12.9. The summed E-state index contributed by atoms with van der Waals surface area (Å²) in [5.41, 5.74) is 2.25. The van der Waals surface area contributed by atoms with Crippen LogP contribution in [0.15, 0.2) is 58.3 Å². The lowest BCUT2D eigenvalue weighted by atomic mass is 10.2. The number of sulfonamides is 1. The molecule has 1 fully saturated rings. The second kappa shape index (κ2) is 7.02. The van der Waals surface area contributed by atoms with Crippen LogP contribution in [0.3, 0.4) is 0 Å². The number of hydrogen-bond donors (Lipinski definition) is 0. The molecule has 1 heterocycles. The molecule has 0 atom stereocenters. The molecular weight excluding hydrogens is 372 g/mol. The summed E-state index contributed by atoms with van der Waals surface area (Å²) in [4.78, 5) is 2.19. The molecule has 140 valence electrons. The van der Waals surface area contributed by atoms with E-state index in [4.69, 9.17) is 0 Å². The highest BCUT2D eigenvalue weighted by atomic mass is 32.2. The molecule has 1 aliphatic heterocycles. The van der Waals surface area contributed by atoms with E-state index in [-0.39, 0.29) is 9.79 Å². The van der Waals surface area contributed by atoms with E-state index in [1.807, 2.05) is 25.1 Å². The number of rotatable bonds is 4. The van der Waals surface area contributed by atoms with Gasteiger partial charge in [-0.2, -0.15) is 4.31 Å². The number of benzene rings is 2. The number of nitrogens with zero attached hydrogens (tertiary/aromatic N) is 2. The lowest BCUT2D eigenvalue weighted by Crippen LogP contribution is -2.48. The highest BCUT2D eigenvalue weighted by molar-refractivity contribution is 7.91. The van der Waals surface area contributed by atoms with Crippen molar-refractivity contribution in [2.24, 2.45) is 0 Å². The molecule has 1 saturated heterocycles. The van der Waals surface area contributed by atoms with Crippen LogP contribution in [-0.4, -0.2) is 53.6 Å². The zero-order valence-corrected chi connectivity index (χ0v) is 16.4. The second-order valence-corrected chi connectivity index (χ2v) is 10.4. The van der Waals surface area contributed by atoms with E-state index in [0.717, 1.165) is 17.5 Å². The highest BCUT2D eigenvalue weighted by Gasteiger charge is 2.29. The SMILES string of the molecule is Cc1cccc(N2CCN(S(=O)(=O)c3cccc(S(C)(=O)=O)c3)CC2)c1. The maximum atomic E-state index is 12.9. The molecule has 1 aliphatic rings. The fourth-order valence-electron chi connectivity index (χ4n) is 3.03. The number of anilines is 1. The average molecular weight is 395 g/mol. The van der Waals surface area contributed by atoms with Gasteiger partial charge >= 0.3 is 0 Å². The Balaban J connectivity index is 1.78. The zero-order valence-electron chi connectivity index (χ0n) is 14.8. The van der Waals surface area contributed by atoms with Crippen molar-refractivity contribution in [2.75, 3.05) is 37.3 Å². The fraction of sp³-hybridized carbons (Fsp3) is 0.333. The standard InChI is InChI=1S/C18H22N2O4S2/c1-15-5-3-6-16(13-15)19-9-11-20(12-10-19)26(23,24)18-8-4-7-17(14-18)25(2,21)22/h3-8,13-14H,9-12H2,1-2H3. The predicted molar refractivity (Wildman–Crippen MR) is 102 cm³/mol. The van der Waals surface area contributed by atoms with Crippen molar-refractivity contribution < 1.29 is 16.8 Å². The topological polar surface area (TPSA) is 74.8 Å². The van der Waals surface area contributed by atoms with Gasteiger partial charge in [0.1, 0.15) is 0 Å². The van der Waals surface area contributed by atoms with Gasteiger partial charge in [0.2, 0.25) is 10.0 Å². The Labute approximate surface area is 155 Å². The van der Waals surface area contributed by atoms with E-state index < -0.39 is 19.9 Å². The van der Waals surface area contributed by atoms with Crippen LogP contribution in [0.2, 0.25) is 0 Å². The first-order valence-corrected chi connectivity index (χ1v) is 11.6. The van der Waals surface area contributed by atoms with Gasteiger partial charge in [0.25, 0.3) is 0 Å². The van der Waals surface area contributed by atoms with E-state index in [1.165, 1.54) is 28.6 Å². The van der Waals surface area contributed by atoms with Crippen molar-refractivity contribution in [3.8, 4) is 0 Å². The van der Waals surface area contributed by atoms with Crippen LogP contribution < -0.4 is 4.90 Å². The van der Waals surface area contributed by atoms with Crippen LogP contribution in [0.5, 0.6) is 0 Å². The molecule has 0 radical (unpaired) electrons. The van der Waals surface area contributed by atoms with Crippen LogP contribution in [0.4, 0.5) is 5.69 Å². The van der Waals surface area contributed by atoms with Gasteiger partial charge in [-0.05, 0) is 42.8 Å². The molecule has 8 heteroatoms. The summed E-state index contributed by atoms with van der Waals surface area (Å²) in [6.45, 7) is 3.93. The first-order valence-electron chi connectivity index (χ1n) is 8.30. The lowest BCUT2D eigenvalue weighted by molar-refractivity contribution is 0.385. The summed E-state index contributed by atoms with van der Waals surface area (Å²) >= 11 is 0. The Hall–Kier alpha value is -1.90. The molecule has 0 bridgehead atoms. The Morgan fingerprint density at radius 1 is 0.808 bits per heavy atom. The summed E-state index contributed by atoms with van der Waals surface area (Å²) < 4.78 is 50.6. The lowest BCUT2D eigenvalue weighted by Gasteiger charge is -2.35. The maximum Gasteiger partial charge on any atom is 0.243 e. The van der Waals surface area contributed by atoms with Crippen molar-refractivity contribution in [1.82, 2.24) is 4.31 Å². The number of hydrogen-bond acceptors (Lipinski definition) is 5. The van der Waals surface area contributed by atoms with Gasteiger partial charge in [-0.15, -0.1) is 0 Å². The summed E-state index contributed by atoms with van der Waals surface area (Å²) in [5, 5.41) is 0. The van der Waals surface area contributed by atoms with Crippen LogP contribution in [0, 0.1) is 6.92 Å². The molecule has 26 heavy (non-hydrogen) atoms. The molecule has 0 spiro atoms. The Kier molecular flexibility index (Phi) is 5.09. The Bertz CT molecular complexity index is 1010. The average Bonchev–Trinajstić information content (AvgIpc) is 2.61. The molecule has 0 aliphatic carbocycles. The minimum Gasteiger partial charge on any atom is -0.369 e. The zero-order chi connectivity index (χ0) is 18.9. The van der Waals surface area contributed by atoms with E-state index >= 15 is 0 Å². The van der Waals surface area contributed by atoms with Crippen LogP contribution in [0.1, 0.15) is 5.56 Å². The van der Waals surface area contributed by atoms with Gasteiger partial charge in [0.15, 0.2) is 9.84 Å². The summed E-state index contributed by atoms with van der Waals surface area (Å²) in [5.74, 6) is 0. The third-order valence-corrected chi connectivity index (χ3v) is 7.48.